The molecule has 34 heavy (non-hydrogen) atoms. The first kappa shape index (κ1) is 23.7. The summed E-state index contributed by atoms with van der Waals surface area (Å²) in [6.45, 7) is 9.42. The summed E-state index contributed by atoms with van der Waals surface area (Å²) in [5.41, 5.74) is 1.12. The lowest BCUT2D eigenvalue weighted by molar-refractivity contribution is -0.117. The molecule has 0 bridgehead atoms. The second-order valence-corrected chi connectivity index (χ2v) is 9.31. The van der Waals surface area contributed by atoms with Gasteiger partial charge in [-0.2, -0.15) is 5.10 Å². The Morgan fingerprint density at radius 2 is 2.12 bits per heavy atom. The van der Waals surface area contributed by atoms with Crippen molar-refractivity contribution >= 4 is 17.1 Å². The minimum absolute atomic E-state index is 0.334. The third kappa shape index (κ3) is 4.88. The number of nitrogens with one attached hydrogen (secondary N) is 2. The molecule has 2 aromatic heterocycles. The fraction of sp³-hybridized carbons (Fsp3) is 0.440. The smallest absolute Gasteiger partial charge is 0.256 e. The van der Waals surface area contributed by atoms with Crippen LogP contribution in [0.15, 0.2) is 36.8 Å². The molecule has 0 saturated heterocycles. The summed E-state index contributed by atoms with van der Waals surface area (Å²) in [6.07, 6.45) is 5.56. The Kier molecular flexibility index (Phi) is 6.81. The van der Waals surface area contributed by atoms with Crippen LogP contribution in [0.4, 0.5) is 4.39 Å². The minimum atomic E-state index is -0.982. The lowest BCUT2D eigenvalue weighted by Gasteiger charge is -2.37. The summed E-state index contributed by atoms with van der Waals surface area (Å²) in [5, 5.41) is 15.6. The first-order chi connectivity index (χ1) is 16.3. The molecule has 3 aromatic rings. The van der Waals surface area contributed by atoms with Crippen LogP contribution < -0.4 is 10.1 Å². The minimum Gasteiger partial charge on any atom is -0.493 e. The number of aromatic amines is 1. The molecule has 1 amide bonds. The molecule has 1 aliphatic rings. The summed E-state index contributed by atoms with van der Waals surface area (Å²) >= 11 is 0. The van der Waals surface area contributed by atoms with E-state index in [0.29, 0.717) is 52.9 Å². The maximum Gasteiger partial charge on any atom is 0.256 e. The number of rotatable bonds is 9. The van der Waals surface area contributed by atoms with Crippen molar-refractivity contribution in [1.29, 1.82) is 0 Å². The zero-order valence-corrected chi connectivity index (χ0v) is 20.1. The zero-order chi connectivity index (χ0) is 24.3. The number of hydrogen-bond donors (Lipinski definition) is 2. The molecule has 180 valence electrons. The number of carbonyl (C=O) groups is 1. The average molecular weight is 467 g/mol. The van der Waals surface area contributed by atoms with Gasteiger partial charge in [-0.1, -0.05) is 33.3 Å². The maximum atomic E-state index is 15.3. The third-order valence-electron chi connectivity index (χ3n) is 5.91. The summed E-state index contributed by atoms with van der Waals surface area (Å²) < 4.78 is 22.8. The van der Waals surface area contributed by atoms with E-state index in [1.165, 1.54) is 12.4 Å². The molecule has 4 rings (SSSR count). The number of carbonyl (C=O) groups excluding carboxylic acids is 1. The number of benzene rings is 1. The van der Waals surface area contributed by atoms with E-state index in [1.54, 1.807) is 12.1 Å². The first-order valence-corrected chi connectivity index (χ1v) is 11.7. The number of H-pyrrole nitrogens is 1. The van der Waals surface area contributed by atoms with Gasteiger partial charge < -0.3 is 15.0 Å². The van der Waals surface area contributed by atoms with Gasteiger partial charge in [-0.3, -0.25) is 9.48 Å². The van der Waals surface area contributed by atoms with Crippen LogP contribution in [0.5, 0.6) is 5.75 Å². The molecule has 9 heteroatoms. The van der Waals surface area contributed by atoms with Crippen molar-refractivity contribution in [2.45, 2.75) is 59.0 Å². The average Bonchev–Trinajstić information content (AvgIpc) is 3.45. The van der Waals surface area contributed by atoms with E-state index in [9.17, 15) is 4.79 Å². The highest BCUT2D eigenvalue weighted by molar-refractivity contribution is 6.27. The molecular formula is C25H31FN6O2. The standard InChI is InChI=1S/C25H31FN6O2/c1-5-6-11-34-17-7-8-19(20(26)12-17)25(4)13-18(21-9-10-32(31-21)14-16(2)3)22(24(33)29-25)23-27-15-28-30-23/h7-10,12,15-16H,5-6,11,13-14H2,1-4H3,(H,29,33)(H,27,28,30)/t25-/m0/s1. The normalized spacial score (nSPS) is 18.5. The number of halogens is 1. The predicted molar refractivity (Wildman–Crippen MR) is 127 cm³/mol. The number of hydrogen-bond acceptors (Lipinski definition) is 5. The van der Waals surface area contributed by atoms with Crippen LogP contribution in [0.3, 0.4) is 0 Å². The number of nitrogens with zero attached hydrogens (tertiary/aromatic N) is 4. The summed E-state index contributed by atoms with van der Waals surface area (Å²) in [7, 11) is 0. The Labute approximate surface area is 198 Å². The molecule has 0 spiro atoms. The topological polar surface area (TPSA) is 97.7 Å². The van der Waals surface area contributed by atoms with E-state index < -0.39 is 11.4 Å². The molecule has 1 atom stereocenters. The Morgan fingerprint density at radius 1 is 1.29 bits per heavy atom. The first-order valence-electron chi connectivity index (χ1n) is 11.7. The Hall–Kier alpha value is -3.49. The lowest BCUT2D eigenvalue weighted by atomic mass is 9.79. The van der Waals surface area contributed by atoms with Gasteiger partial charge in [0.1, 0.15) is 17.9 Å². The molecular weight excluding hydrogens is 435 g/mol. The highest BCUT2D eigenvalue weighted by atomic mass is 19.1. The van der Waals surface area contributed by atoms with Gasteiger partial charge in [-0.05, 0) is 37.0 Å². The number of amides is 1. The number of aromatic nitrogens is 5. The van der Waals surface area contributed by atoms with Crippen molar-refractivity contribution in [3.8, 4) is 5.75 Å². The van der Waals surface area contributed by atoms with E-state index in [1.807, 2.05) is 23.9 Å². The van der Waals surface area contributed by atoms with E-state index in [-0.39, 0.29) is 5.91 Å². The molecule has 8 nitrogen and oxygen atoms in total. The molecule has 0 saturated carbocycles. The van der Waals surface area contributed by atoms with Gasteiger partial charge in [0.15, 0.2) is 5.82 Å². The zero-order valence-electron chi connectivity index (χ0n) is 20.1. The van der Waals surface area contributed by atoms with E-state index in [4.69, 9.17) is 9.84 Å². The lowest BCUT2D eigenvalue weighted by Crippen LogP contribution is -2.48. The highest BCUT2D eigenvalue weighted by Crippen LogP contribution is 2.41. The Morgan fingerprint density at radius 3 is 2.79 bits per heavy atom. The second kappa shape index (κ2) is 9.79. The fourth-order valence-electron chi connectivity index (χ4n) is 4.26. The molecule has 0 radical (unpaired) electrons. The van der Waals surface area contributed by atoms with Gasteiger partial charge in [0.25, 0.3) is 5.91 Å². The highest BCUT2D eigenvalue weighted by Gasteiger charge is 2.41. The van der Waals surface area contributed by atoms with E-state index >= 15 is 4.39 Å². The van der Waals surface area contributed by atoms with Crippen LogP contribution in [0.25, 0.3) is 11.1 Å². The maximum absolute atomic E-state index is 15.3. The monoisotopic (exact) mass is 466 g/mol. The van der Waals surface area contributed by atoms with Crippen LogP contribution in [-0.4, -0.2) is 37.5 Å². The number of ether oxygens (including phenoxy) is 1. The van der Waals surface area contributed by atoms with Crippen LogP contribution in [-0.2, 0) is 16.9 Å². The Bertz CT molecular complexity index is 1180. The van der Waals surface area contributed by atoms with Crippen molar-refractivity contribution in [1.82, 2.24) is 30.3 Å². The van der Waals surface area contributed by atoms with Gasteiger partial charge >= 0.3 is 0 Å². The molecule has 0 fully saturated rings. The van der Waals surface area contributed by atoms with Crippen molar-refractivity contribution in [2.75, 3.05) is 6.61 Å². The molecule has 1 aliphatic heterocycles. The van der Waals surface area contributed by atoms with Gasteiger partial charge in [-0.15, -0.1) is 10.2 Å². The van der Waals surface area contributed by atoms with Crippen LogP contribution in [0.1, 0.15) is 64.0 Å². The van der Waals surface area contributed by atoms with Crippen LogP contribution in [0, 0.1) is 11.7 Å². The van der Waals surface area contributed by atoms with E-state index in [2.05, 4.69) is 41.3 Å². The molecule has 0 unspecified atom stereocenters. The van der Waals surface area contributed by atoms with E-state index in [0.717, 1.165) is 19.4 Å². The van der Waals surface area contributed by atoms with Crippen molar-refractivity contribution in [3.05, 3.63) is 59.7 Å². The van der Waals surface area contributed by atoms with Crippen LogP contribution >= 0.6 is 0 Å². The van der Waals surface area contributed by atoms with Crippen LogP contribution in [0.2, 0.25) is 0 Å². The second-order valence-electron chi connectivity index (χ2n) is 9.31. The molecule has 0 aliphatic carbocycles. The van der Waals surface area contributed by atoms with Crippen molar-refractivity contribution < 1.29 is 13.9 Å². The SMILES string of the molecule is CCCCOc1ccc([C@]2(C)CC(c3ccn(CC(C)C)n3)=C(c3nnc[nH]3)C(=O)N2)c(F)c1. The van der Waals surface area contributed by atoms with Gasteiger partial charge in [0.05, 0.1) is 23.4 Å². The fourth-order valence-corrected chi connectivity index (χ4v) is 4.26. The quantitative estimate of drug-likeness (QED) is 0.458. The van der Waals surface area contributed by atoms with Gasteiger partial charge in [-0.25, -0.2) is 4.39 Å². The summed E-state index contributed by atoms with van der Waals surface area (Å²) in [4.78, 5) is 16.3. The molecule has 1 aromatic carbocycles. The predicted octanol–water partition coefficient (Wildman–Crippen LogP) is 4.32. The molecule has 3 heterocycles. The van der Waals surface area contributed by atoms with Gasteiger partial charge in [0.2, 0.25) is 0 Å². The summed E-state index contributed by atoms with van der Waals surface area (Å²) in [6, 6.07) is 6.70. The third-order valence-corrected chi connectivity index (χ3v) is 5.91. The number of unbranched alkanes of at least 4 members (excludes halogenated alkanes) is 1. The molecule has 2 N–H and O–H groups in total. The van der Waals surface area contributed by atoms with Crippen molar-refractivity contribution in [3.63, 3.8) is 0 Å². The van der Waals surface area contributed by atoms with Crippen molar-refractivity contribution in [2.24, 2.45) is 5.92 Å². The Balaban J connectivity index is 1.72. The largest absolute Gasteiger partial charge is 0.493 e. The summed E-state index contributed by atoms with van der Waals surface area (Å²) in [5.74, 6) is 0.466. The van der Waals surface area contributed by atoms with Gasteiger partial charge in [0, 0.05) is 30.8 Å².